The Labute approximate surface area is 83.1 Å². The second kappa shape index (κ2) is 3.71. The van der Waals surface area contributed by atoms with Crippen LogP contribution in [-0.2, 0) is 9.53 Å². The van der Waals surface area contributed by atoms with Crippen LogP contribution in [0.25, 0.3) is 0 Å². The van der Waals surface area contributed by atoms with Gasteiger partial charge in [0.1, 0.15) is 6.17 Å². The van der Waals surface area contributed by atoms with Crippen LogP contribution in [0.4, 0.5) is 4.39 Å². The first-order valence-electron chi connectivity index (χ1n) is 5.22. The van der Waals surface area contributed by atoms with E-state index in [2.05, 4.69) is 0 Å². The highest BCUT2D eigenvalue weighted by atomic mass is 19.1. The van der Waals surface area contributed by atoms with E-state index < -0.39 is 6.17 Å². The van der Waals surface area contributed by atoms with Crippen LogP contribution in [0.15, 0.2) is 11.6 Å². The van der Waals surface area contributed by atoms with Gasteiger partial charge in [0.15, 0.2) is 0 Å². The predicted octanol–water partition coefficient (Wildman–Crippen LogP) is 2.24. The lowest BCUT2D eigenvalue weighted by atomic mass is 9.71. The van der Waals surface area contributed by atoms with Crippen molar-refractivity contribution in [2.45, 2.75) is 32.4 Å². The number of alkyl halides is 1. The molecule has 0 aromatic carbocycles. The molecule has 0 spiro atoms. The first-order chi connectivity index (χ1) is 6.70. The van der Waals surface area contributed by atoms with Crippen molar-refractivity contribution in [2.75, 3.05) is 6.61 Å². The highest BCUT2D eigenvalue weighted by molar-refractivity contribution is 5.83. The minimum Gasteiger partial charge on any atom is -0.463 e. The minimum atomic E-state index is -0.655. The Morgan fingerprint density at radius 1 is 1.64 bits per heavy atom. The van der Waals surface area contributed by atoms with Gasteiger partial charge in [0.25, 0.3) is 0 Å². The molecule has 2 saturated carbocycles. The number of allylic oxidation sites excluding steroid dienone is 1. The van der Waals surface area contributed by atoms with Crippen molar-refractivity contribution in [1.82, 2.24) is 0 Å². The number of fused-ring (bicyclic) bond motifs is 1. The predicted molar refractivity (Wildman–Crippen MR) is 50.4 cm³/mol. The van der Waals surface area contributed by atoms with Crippen molar-refractivity contribution in [2.24, 2.45) is 11.8 Å². The molecule has 78 valence electrons. The molecule has 14 heavy (non-hydrogen) atoms. The SMILES string of the molecule is CCOC(=O)C=C1C[C@H]2C[C@H](F)C[C@@H]12. The first kappa shape index (κ1) is 9.69. The van der Waals surface area contributed by atoms with Crippen LogP contribution in [0.2, 0.25) is 0 Å². The molecule has 3 heteroatoms. The van der Waals surface area contributed by atoms with Crippen molar-refractivity contribution in [3.63, 3.8) is 0 Å². The van der Waals surface area contributed by atoms with Crippen LogP contribution in [-0.4, -0.2) is 18.7 Å². The first-order valence-corrected chi connectivity index (χ1v) is 5.22. The Hall–Kier alpha value is -0.860. The number of carbonyl (C=O) groups excluding carboxylic acids is 1. The molecule has 0 bridgehead atoms. The molecule has 0 aromatic heterocycles. The zero-order valence-electron chi connectivity index (χ0n) is 8.33. The molecular weight excluding hydrogens is 183 g/mol. The topological polar surface area (TPSA) is 26.3 Å². The zero-order chi connectivity index (χ0) is 10.1. The molecule has 0 unspecified atom stereocenters. The average molecular weight is 198 g/mol. The monoisotopic (exact) mass is 198 g/mol. The number of halogens is 1. The summed E-state index contributed by atoms with van der Waals surface area (Å²) in [6.07, 6.45) is 3.09. The van der Waals surface area contributed by atoms with Crippen LogP contribution < -0.4 is 0 Å². The van der Waals surface area contributed by atoms with Crippen LogP contribution in [0, 0.1) is 11.8 Å². The van der Waals surface area contributed by atoms with E-state index in [0.29, 0.717) is 31.3 Å². The summed E-state index contributed by atoms with van der Waals surface area (Å²) in [6.45, 7) is 2.19. The summed E-state index contributed by atoms with van der Waals surface area (Å²) >= 11 is 0. The maximum Gasteiger partial charge on any atom is 0.330 e. The second-order valence-corrected chi connectivity index (χ2v) is 4.11. The zero-order valence-corrected chi connectivity index (χ0v) is 8.33. The molecule has 2 aliphatic carbocycles. The Morgan fingerprint density at radius 2 is 2.43 bits per heavy atom. The van der Waals surface area contributed by atoms with E-state index in [1.54, 1.807) is 13.0 Å². The molecule has 0 N–H and O–H groups in total. The fourth-order valence-corrected chi connectivity index (χ4v) is 2.53. The van der Waals surface area contributed by atoms with Gasteiger partial charge in [-0.25, -0.2) is 9.18 Å². The third kappa shape index (κ3) is 1.68. The van der Waals surface area contributed by atoms with Gasteiger partial charge in [0.05, 0.1) is 6.61 Å². The molecule has 0 aliphatic heterocycles. The number of rotatable bonds is 2. The van der Waals surface area contributed by atoms with E-state index in [-0.39, 0.29) is 5.97 Å². The van der Waals surface area contributed by atoms with Crippen LogP contribution in [0.5, 0.6) is 0 Å². The van der Waals surface area contributed by atoms with E-state index in [9.17, 15) is 9.18 Å². The Kier molecular flexibility index (Phi) is 2.57. The average Bonchev–Trinajstić information content (AvgIpc) is 2.40. The molecule has 2 aliphatic rings. The van der Waals surface area contributed by atoms with Gasteiger partial charge >= 0.3 is 5.97 Å². The highest BCUT2D eigenvalue weighted by Crippen LogP contribution is 2.51. The number of hydrogen-bond acceptors (Lipinski definition) is 2. The van der Waals surface area contributed by atoms with E-state index in [1.165, 1.54) is 0 Å². The van der Waals surface area contributed by atoms with Gasteiger partial charge in [-0.05, 0) is 38.0 Å². The third-order valence-electron chi connectivity index (χ3n) is 3.20. The van der Waals surface area contributed by atoms with E-state index >= 15 is 0 Å². The van der Waals surface area contributed by atoms with Gasteiger partial charge in [0.2, 0.25) is 0 Å². The van der Waals surface area contributed by atoms with Gasteiger partial charge in [-0.2, -0.15) is 0 Å². The summed E-state index contributed by atoms with van der Waals surface area (Å²) in [6, 6.07) is 0. The number of hydrogen-bond donors (Lipinski definition) is 0. The van der Waals surface area contributed by atoms with Crippen LogP contribution >= 0.6 is 0 Å². The van der Waals surface area contributed by atoms with Crippen molar-refractivity contribution >= 4 is 5.97 Å². The molecule has 2 nitrogen and oxygen atoms in total. The van der Waals surface area contributed by atoms with Gasteiger partial charge in [-0.3, -0.25) is 0 Å². The van der Waals surface area contributed by atoms with Crippen molar-refractivity contribution in [1.29, 1.82) is 0 Å². The quantitative estimate of drug-likeness (QED) is 0.502. The summed E-state index contributed by atoms with van der Waals surface area (Å²) < 4.78 is 17.8. The van der Waals surface area contributed by atoms with E-state index in [0.717, 1.165) is 12.0 Å². The second-order valence-electron chi connectivity index (χ2n) is 4.11. The molecule has 0 heterocycles. The number of ether oxygens (including phenoxy) is 1. The van der Waals surface area contributed by atoms with Gasteiger partial charge in [-0.15, -0.1) is 0 Å². The lowest BCUT2D eigenvalue weighted by molar-refractivity contribution is -0.137. The minimum absolute atomic E-state index is 0.275. The molecule has 0 radical (unpaired) electrons. The summed E-state index contributed by atoms with van der Waals surface area (Å²) in [5.74, 6) is 0.545. The number of esters is 1. The fraction of sp³-hybridized carbons (Fsp3) is 0.727. The molecule has 0 aromatic rings. The van der Waals surface area contributed by atoms with Crippen LogP contribution in [0.3, 0.4) is 0 Å². The lowest BCUT2D eigenvalue weighted by Crippen LogP contribution is -2.24. The Bertz CT molecular complexity index is 272. The Balaban J connectivity index is 1.92. The van der Waals surface area contributed by atoms with Crippen molar-refractivity contribution < 1.29 is 13.9 Å². The summed E-state index contributed by atoms with van der Waals surface area (Å²) in [7, 11) is 0. The molecule has 3 atom stereocenters. The van der Waals surface area contributed by atoms with Gasteiger partial charge < -0.3 is 4.74 Å². The Morgan fingerprint density at radius 3 is 3.07 bits per heavy atom. The molecule has 2 rings (SSSR count). The van der Waals surface area contributed by atoms with E-state index in [4.69, 9.17) is 4.74 Å². The highest BCUT2D eigenvalue weighted by Gasteiger charge is 2.44. The molecule has 0 amide bonds. The molecular formula is C11H15FO2. The van der Waals surface area contributed by atoms with E-state index in [1.807, 2.05) is 0 Å². The maximum absolute atomic E-state index is 13.0. The summed E-state index contributed by atoms with van der Waals surface area (Å²) in [5.41, 5.74) is 1.09. The van der Waals surface area contributed by atoms with Gasteiger partial charge in [0, 0.05) is 6.08 Å². The van der Waals surface area contributed by atoms with Gasteiger partial charge in [-0.1, -0.05) is 5.57 Å². The lowest BCUT2D eigenvalue weighted by Gasteiger charge is -2.33. The fourth-order valence-electron chi connectivity index (χ4n) is 2.53. The third-order valence-corrected chi connectivity index (χ3v) is 3.20. The van der Waals surface area contributed by atoms with Crippen molar-refractivity contribution in [3.05, 3.63) is 11.6 Å². The summed E-state index contributed by atoms with van der Waals surface area (Å²) in [4.78, 5) is 11.1. The maximum atomic E-state index is 13.0. The normalized spacial score (nSPS) is 37.9. The number of carbonyl (C=O) groups is 1. The molecule has 2 fully saturated rings. The standard InChI is InChI=1S/C11H15FO2/c1-2-14-11(13)5-8-3-7-4-9(12)6-10(7)8/h5,7,9-10H,2-4,6H2,1H3/t7-,9-,10+/m0/s1. The van der Waals surface area contributed by atoms with Crippen molar-refractivity contribution in [3.8, 4) is 0 Å². The molecule has 0 saturated heterocycles. The van der Waals surface area contributed by atoms with Crippen LogP contribution in [0.1, 0.15) is 26.2 Å². The summed E-state index contributed by atoms with van der Waals surface area (Å²) in [5, 5.41) is 0. The smallest absolute Gasteiger partial charge is 0.330 e. The largest absolute Gasteiger partial charge is 0.463 e.